The van der Waals surface area contributed by atoms with Crippen LogP contribution in [-0.4, -0.2) is 23.3 Å². The van der Waals surface area contributed by atoms with Gasteiger partial charge in [0.2, 0.25) is 0 Å². The summed E-state index contributed by atoms with van der Waals surface area (Å²) in [6.45, 7) is 1.63. The van der Waals surface area contributed by atoms with Crippen LogP contribution in [0.2, 0.25) is 0 Å². The Bertz CT molecular complexity index is 129. The molecule has 0 bridgehead atoms. The van der Waals surface area contributed by atoms with Crippen molar-refractivity contribution in [1.82, 2.24) is 0 Å². The number of hydrogen-bond acceptors (Lipinski definition) is 3. The summed E-state index contributed by atoms with van der Waals surface area (Å²) in [6, 6.07) is 0. The van der Waals surface area contributed by atoms with Crippen molar-refractivity contribution >= 4 is 11.6 Å². The highest BCUT2D eigenvalue weighted by Gasteiger charge is 2.09. The first-order valence-corrected chi connectivity index (χ1v) is 3.39. The Hall–Kier alpha value is -0.700. The van der Waals surface area contributed by atoms with Crippen LogP contribution in [0.25, 0.3) is 0 Å². The third-order valence-electron chi connectivity index (χ3n) is 1.19. The van der Waals surface area contributed by atoms with E-state index in [1.54, 1.807) is 6.92 Å². The molecule has 0 radical (unpaired) electrons. The maximum Gasteiger partial charge on any atom is 0.198 e. The average molecular weight is 144 g/mol. The van der Waals surface area contributed by atoms with Crippen LogP contribution in [0.15, 0.2) is 0 Å². The molecule has 0 spiro atoms. The number of aliphatic hydroxyl groups is 1. The van der Waals surface area contributed by atoms with Crippen molar-refractivity contribution in [3.8, 4) is 0 Å². The Balaban J connectivity index is 3.52. The number of Topliss-reactive ketones (excluding diaryl/α,β-unsaturated/α-hetero) is 2. The van der Waals surface area contributed by atoms with Crippen LogP contribution in [0, 0.1) is 0 Å². The van der Waals surface area contributed by atoms with Crippen LogP contribution in [0.1, 0.15) is 26.2 Å². The summed E-state index contributed by atoms with van der Waals surface area (Å²) in [6.07, 6.45) is 0.845. The number of ketones is 2. The summed E-state index contributed by atoms with van der Waals surface area (Å²) >= 11 is 0. The van der Waals surface area contributed by atoms with E-state index in [4.69, 9.17) is 5.11 Å². The van der Waals surface area contributed by atoms with Crippen molar-refractivity contribution in [2.75, 3.05) is 6.61 Å². The number of hydrogen-bond donors (Lipinski definition) is 1. The number of carbonyl (C=O) groups is 2. The third-order valence-corrected chi connectivity index (χ3v) is 1.19. The van der Waals surface area contributed by atoms with Gasteiger partial charge in [-0.2, -0.15) is 0 Å². The Morgan fingerprint density at radius 3 is 2.30 bits per heavy atom. The zero-order valence-corrected chi connectivity index (χ0v) is 6.09. The van der Waals surface area contributed by atoms with Crippen molar-refractivity contribution in [1.29, 1.82) is 0 Å². The second kappa shape index (κ2) is 5.11. The maximum atomic E-state index is 10.7. The normalized spacial score (nSPS) is 9.40. The van der Waals surface area contributed by atoms with Crippen molar-refractivity contribution in [2.45, 2.75) is 26.2 Å². The van der Waals surface area contributed by atoms with Crippen LogP contribution in [0.4, 0.5) is 0 Å². The van der Waals surface area contributed by atoms with Crippen molar-refractivity contribution < 1.29 is 14.7 Å². The summed E-state index contributed by atoms with van der Waals surface area (Å²) in [5.41, 5.74) is 0. The Labute approximate surface area is 60.0 Å². The highest BCUT2D eigenvalue weighted by atomic mass is 16.3. The van der Waals surface area contributed by atoms with E-state index in [1.807, 2.05) is 0 Å². The molecule has 0 aromatic heterocycles. The predicted octanol–water partition coefficient (Wildman–Crippen LogP) is 0.307. The number of aliphatic hydroxyl groups excluding tert-OH is 1. The summed E-state index contributed by atoms with van der Waals surface area (Å²) in [5, 5.41) is 8.31. The van der Waals surface area contributed by atoms with E-state index in [1.165, 1.54) is 0 Å². The first-order chi connectivity index (χ1) is 4.72. The monoisotopic (exact) mass is 144 g/mol. The van der Waals surface area contributed by atoms with Gasteiger partial charge in [0, 0.05) is 19.4 Å². The fourth-order valence-electron chi connectivity index (χ4n) is 0.576. The van der Waals surface area contributed by atoms with E-state index in [0.29, 0.717) is 6.42 Å². The summed E-state index contributed by atoms with van der Waals surface area (Å²) < 4.78 is 0. The lowest BCUT2D eigenvalue weighted by molar-refractivity contribution is -0.136. The highest BCUT2D eigenvalue weighted by Crippen LogP contribution is 1.93. The Kier molecular flexibility index (Phi) is 4.76. The molecule has 3 heteroatoms. The minimum atomic E-state index is -0.364. The highest BCUT2D eigenvalue weighted by molar-refractivity contribution is 6.37. The zero-order chi connectivity index (χ0) is 7.98. The molecule has 0 heterocycles. The van der Waals surface area contributed by atoms with Gasteiger partial charge in [0.15, 0.2) is 11.6 Å². The Morgan fingerprint density at radius 2 is 1.90 bits per heavy atom. The lowest BCUT2D eigenvalue weighted by Crippen LogP contribution is -2.12. The third kappa shape index (κ3) is 3.35. The van der Waals surface area contributed by atoms with E-state index in [2.05, 4.69) is 0 Å². The van der Waals surface area contributed by atoms with E-state index in [0.717, 1.165) is 0 Å². The minimum absolute atomic E-state index is 0.0251. The smallest absolute Gasteiger partial charge is 0.198 e. The molecule has 0 unspecified atom stereocenters. The quantitative estimate of drug-likeness (QED) is 0.565. The molecule has 0 amide bonds. The van der Waals surface area contributed by atoms with Gasteiger partial charge in [0.25, 0.3) is 0 Å². The van der Waals surface area contributed by atoms with Crippen LogP contribution in [-0.2, 0) is 9.59 Å². The van der Waals surface area contributed by atoms with Gasteiger partial charge in [-0.1, -0.05) is 6.92 Å². The topological polar surface area (TPSA) is 54.4 Å². The fraction of sp³-hybridized carbons (Fsp3) is 0.714. The molecule has 0 atom stereocenters. The summed E-state index contributed by atoms with van der Waals surface area (Å²) in [5.74, 6) is -0.704. The van der Waals surface area contributed by atoms with Gasteiger partial charge in [-0.25, -0.2) is 0 Å². The molecular weight excluding hydrogens is 132 g/mol. The lowest BCUT2D eigenvalue weighted by atomic mass is 10.1. The summed E-state index contributed by atoms with van der Waals surface area (Å²) in [7, 11) is 0. The zero-order valence-electron chi connectivity index (χ0n) is 6.09. The van der Waals surface area contributed by atoms with Crippen molar-refractivity contribution in [2.24, 2.45) is 0 Å². The van der Waals surface area contributed by atoms with Gasteiger partial charge >= 0.3 is 0 Å². The van der Waals surface area contributed by atoms with Gasteiger partial charge in [-0.15, -0.1) is 0 Å². The molecule has 0 aromatic rings. The van der Waals surface area contributed by atoms with Crippen LogP contribution in [0.3, 0.4) is 0 Å². The van der Waals surface area contributed by atoms with Crippen molar-refractivity contribution in [3.05, 3.63) is 0 Å². The molecule has 0 aliphatic heterocycles. The second-order valence-corrected chi connectivity index (χ2v) is 2.03. The molecule has 0 saturated heterocycles. The van der Waals surface area contributed by atoms with Crippen LogP contribution < -0.4 is 0 Å². The lowest BCUT2D eigenvalue weighted by Gasteiger charge is -1.93. The van der Waals surface area contributed by atoms with Gasteiger partial charge in [-0.3, -0.25) is 9.59 Å². The molecule has 0 fully saturated rings. The van der Waals surface area contributed by atoms with Gasteiger partial charge < -0.3 is 5.11 Å². The number of rotatable bonds is 5. The largest absolute Gasteiger partial charge is 0.396 e. The predicted molar refractivity (Wildman–Crippen MR) is 36.6 cm³/mol. The van der Waals surface area contributed by atoms with Crippen molar-refractivity contribution in [3.63, 3.8) is 0 Å². The van der Waals surface area contributed by atoms with E-state index in [9.17, 15) is 9.59 Å². The maximum absolute atomic E-state index is 10.7. The molecule has 0 saturated carbocycles. The first-order valence-electron chi connectivity index (χ1n) is 3.39. The van der Waals surface area contributed by atoms with Crippen LogP contribution in [0.5, 0.6) is 0 Å². The Morgan fingerprint density at radius 1 is 1.30 bits per heavy atom. The summed E-state index contributed by atoms with van der Waals surface area (Å²) in [4.78, 5) is 21.3. The van der Waals surface area contributed by atoms with E-state index in [-0.39, 0.29) is 31.0 Å². The first kappa shape index (κ1) is 9.30. The molecule has 0 rings (SSSR count). The van der Waals surface area contributed by atoms with Gasteiger partial charge in [0.05, 0.1) is 0 Å². The molecule has 0 aliphatic carbocycles. The van der Waals surface area contributed by atoms with Crippen LogP contribution >= 0.6 is 0 Å². The number of carbonyl (C=O) groups excluding carboxylic acids is 2. The minimum Gasteiger partial charge on any atom is -0.396 e. The molecule has 10 heavy (non-hydrogen) atoms. The second-order valence-electron chi connectivity index (χ2n) is 2.03. The van der Waals surface area contributed by atoms with E-state index < -0.39 is 0 Å². The molecule has 0 aromatic carbocycles. The molecular formula is C7H12O3. The average Bonchev–Trinajstić information content (AvgIpc) is 1.98. The molecule has 0 aliphatic rings. The fourth-order valence-corrected chi connectivity index (χ4v) is 0.576. The molecule has 3 nitrogen and oxygen atoms in total. The van der Waals surface area contributed by atoms with Gasteiger partial charge in [-0.05, 0) is 6.42 Å². The molecule has 58 valence electrons. The molecule has 1 N–H and O–H groups in total. The van der Waals surface area contributed by atoms with E-state index >= 15 is 0 Å². The SMILES string of the molecule is CCC(=O)C(=O)CCCO. The standard InChI is InChI=1S/C7H12O3/c1-2-6(9)7(10)4-3-5-8/h8H,2-5H2,1H3. The van der Waals surface area contributed by atoms with Gasteiger partial charge in [0.1, 0.15) is 0 Å².